The number of benzene rings is 3. The van der Waals surface area contributed by atoms with E-state index in [9.17, 15) is 5.11 Å². The van der Waals surface area contributed by atoms with E-state index >= 15 is 0 Å². The van der Waals surface area contributed by atoms with Crippen LogP contribution in [0.4, 0.5) is 0 Å². The molecule has 4 heteroatoms. The maximum atomic E-state index is 9.73. The minimum atomic E-state index is 0.311. The molecule has 182 valence electrons. The van der Waals surface area contributed by atoms with E-state index in [-0.39, 0.29) is 0 Å². The zero-order valence-corrected chi connectivity index (χ0v) is 21.0. The number of hydrogen-bond acceptors (Lipinski definition) is 3. The Balaban J connectivity index is 1.78. The summed E-state index contributed by atoms with van der Waals surface area (Å²) < 4.78 is 2.46. The lowest BCUT2D eigenvalue weighted by Crippen LogP contribution is -2.26. The molecule has 0 bridgehead atoms. The van der Waals surface area contributed by atoms with Crippen LogP contribution in [0.15, 0.2) is 84.9 Å². The SMILES string of the molecule is CCCCN(Cc1ccc(O)cc1)Cc1c(-c2ccccc2)nc(-c2ccccc2)n1CCCC. The molecule has 0 aliphatic heterocycles. The van der Waals surface area contributed by atoms with Gasteiger partial charge in [0.2, 0.25) is 0 Å². The molecular weight excluding hydrogens is 430 g/mol. The third-order valence-electron chi connectivity index (χ3n) is 6.43. The average molecular weight is 468 g/mol. The molecule has 1 N–H and O–H groups in total. The highest BCUT2D eigenvalue weighted by atomic mass is 16.3. The molecule has 0 spiro atoms. The lowest BCUT2D eigenvalue weighted by molar-refractivity contribution is 0.246. The summed E-state index contributed by atoms with van der Waals surface area (Å²) in [6, 6.07) is 28.8. The van der Waals surface area contributed by atoms with Crippen molar-refractivity contribution in [2.45, 2.75) is 59.2 Å². The number of aromatic hydroxyl groups is 1. The van der Waals surface area contributed by atoms with Gasteiger partial charge in [-0.1, -0.05) is 99.5 Å². The molecule has 4 nitrogen and oxygen atoms in total. The van der Waals surface area contributed by atoms with Crippen molar-refractivity contribution < 1.29 is 5.11 Å². The summed E-state index contributed by atoms with van der Waals surface area (Å²) in [5, 5.41) is 9.73. The molecular formula is C31H37N3O. The molecule has 0 aliphatic rings. The van der Waals surface area contributed by atoms with Crippen LogP contribution >= 0.6 is 0 Å². The maximum absolute atomic E-state index is 9.73. The van der Waals surface area contributed by atoms with Crippen LogP contribution in [-0.4, -0.2) is 26.1 Å². The van der Waals surface area contributed by atoms with Crippen molar-refractivity contribution in [2.75, 3.05) is 6.54 Å². The van der Waals surface area contributed by atoms with Gasteiger partial charge >= 0.3 is 0 Å². The fourth-order valence-corrected chi connectivity index (χ4v) is 4.51. The van der Waals surface area contributed by atoms with Crippen LogP contribution in [0, 0.1) is 0 Å². The summed E-state index contributed by atoms with van der Waals surface area (Å²) in [4.78, 5) is 7.78. The smallest absolute Gasteiger partial charge is 0.140 e. The number of unbranched alkanes of at least 4 members (excludes halogenated alkanes) is 2. The first kappa shape index (κ1) is 24.7. The zero-order valence-electron chi connectivity index (χ0n) is 21.0. The highest BCUT2D eigenvalue weighted by Gasteiger charge is 2.21. The minimum Gasteiger partial charge on any atom is -0.508 e. The van der Waals surface area contributed by atoms with Crippen LogP contribution in [0.2, 0.25) is 0 Å². The number of phenols is 1. The van der Waals surface area contributed by atoms with E-state index in [1.807, 2.05) is 12.1 Å². The maximum Gasteiger partial charge on any atom is 0.140 e. The lowest BCUT2D eigenvalue weighted by atomic mass is 10.1. The monoisotopic (exact) mass is 467 g/mol. The van der Waals surface area contributed by atoms with Gasteiger partial charge < -0.3 is 9.67 Å². The Labute approximate surface area is 209 Å². The van der Waals surface area contributed by atoms with E-state index < -0.39 is 0 Å². The first-order valence-corrected chi connectivity index (χ1v) is 12.9. The second kappa shape index (κ2) is 12.4. The van der Waals surface area contributed by atoms with Crippen molar-refractivity contribution in [1.29, 1.82) is 0 Å². The summed E-state index contributed by atoms with van der Waals surface area (Å²) in [5.74, 6) is 1.36. The van der Waals surface area contributed by atoms with Crippen molar-refractivity contribution in [3.05, 3.63) is 96.2 Å². The Morgan fingerprint density at radius 1 is 0.743 bits per heavy atom. The van der Waals surface area contributed by atoms with E-state index in [1.54, 1.807) is 12.1 Å². The molecule has 0 saturated carbocycles. The van der Waals surface area contributed by atoms with Crippen LogP contribution in [0.5, 0.6) is 5.75 Å². The topological polar surface area (TPSA) is 41.3 Å². The van der Waals surface area contributed by atoms with Crippen LogP contribution in [0.3, 0.4) is 0 Å². The third kappa shape index (κ3) is 6.40. The highest BCUT2D eigenvalue weighted by Crippen LogP contribution is 2.31. The summed E-state index contributed by atoms with van der Waals surface area (Å²) in [7, 11) is 0. The predicted octanol–water partition coefficient (Wildman–Crippen LogP) is 7.53. The van der Waals surface area contributed by atoms with Crippen LogP contribution < -0.4 is 0 Å². The van der Waals surface area contributed by atoms with E-state index in [4.69, 9.17) is 4.98 Å². The van der Waals surface area contributed by atoms with Crippen molar-refractivity contribution >= 4 is 0 Å². The fourth-order valence-electron chi connectivity index (χ4n) is 4.51. The van der Waals surface area contributed by atoms with Gasteiger partial charge in [0.1, 0.15) is 11.6 Å². The molecule has 0 atom stereocenters. The third-order valence-corrected chi connectivity index (χ3v) is 6.43. The van der Waals surface area contributed by atoms with Crippen molar-refractivity contribution in [3.8, 4) is 28.4 Å². The largest absolute Gasteiger partial charge is 0.508 e. The number of hydrogen-bond donors (Lipinski definition) is 1. The van der Waals surface area contributed by atoms with Crippen LogP contribution in [-0.2, 0) is 19.6 Å². The second-order valence-corrected chi connectivity index (χ2v) is 9.20. The van der Waals surface area contributed by atoms with E-state index in [0.29, 0.717) is 5.75 Å². The molecule has 35 heavy (non-hydrogen) atoms. The van der Waals surface area contributed by atoms with Gasteiger partial charge in [-0.25, -0.2) is 4.98 Å². The lowest BCUT2D eigenvalue weighted by Gasteiger charge is -2.24. The normalized spacial score (nSPS) is 11.3. The first-order chi connectivity index (χ1) is 17.2. The Morgan fingerprint density at radius 2 is 1.37 bits per heavy atom. The number of aromatic nitrogens is 2. The molecule has 0 saturated heterocycles. The molecule has 4 rings (SSSR count). The first-order valence-electron chi connectivity index (χ1n) is 12.9. The Bertz CT molecular complexity index is 1170. The van der Waals surface area contributed by atoms with Crippen LogP contribution in [0.1, 0.15) is 50.8 Å². The Kier molecular flexibility index (Phi) is 8.74. The van der Waals surface area contributed by atoms with Gasteiger partial charge in [-0.05, 0) is 37.1 Å². The van der Waals surface area contributed by atoms with Gasteiger partial charge in [0.25, 0.3) is 0 Å². The minimum absolute atomic E-state index is 0.311. The van der Waals surface area contributed by atoms with Crippen molar-refractivity contribution in [2.24, 2.45) is 0 Å². The van der Waals surface area contributed by atoms with Gasteiger partial charge in [0.15, 0.2) is 0 Å². The summed E-state index contributed by atoms with van der Waals surface area (Å²) in [6.45, 7) is 8.13. The van der Waals surface area contributed by atoms with E-state index in [2.05, 4.69) is 84.0 Å². The van der Waals surface area contributed by atoms with E-state index in [0.717, 1.165) is 74.5 Å². The average Bonchev–Trinajstić information content (AvgIpc) is 3.26. The number of phenolic OH excluding ortho intramolecular Hbond substituents is 1. The summed E-state index contributed by atoms with van der Waals surface area (Å²) in [5.41, 5.74) is 5.88. The van der Waals surface area contributed by atoms with Crippen molar-refractivity contribution in [1.82, 2.24) is 14.5 Å². The number of imidazole rings is 1. The molecule has 0 aliphatic carbocycles. The molecule has 1 aromatic heterocycles. The van der Waals surface area contributed by atoms with Crippen molar-refractivity contribution in [3.63, 3.8) is 0 Å². The standard InChI is InChI=1S/C31H37N3O/c1-3-5-21-33(23-25-17-19-28(35)20-18-25)24-29-30(26-13-9-7-10-14-26)32-31(34(29)22-6-4-2)27-15-11-8-12-16-27/h7-20,35H,3-6,21-24H2,1-2H3. The van der Waals surface area contributed by atoms with Gasteiger partial charge in [0, 0.05) is 30.8 Å². The summed E-state index contributed by atoms with van der Waals surface area (Å²) in [6.07, 6.45) is 4.55. The summed E-state index contributed by atoms with van der Waals surface area (Å²) >= 11 is 0. The molecule has 0 unspecified atom stereocenters. The molecule has 1 heterocycles. The Morgan fingerprint density at radius 3 is 2.00 bits per heavy atom. The predicted molar refractivity (Wildman–Crippen MR) is 145 cm³/mol. The van der Waals surface area contributed by atoms with Gasteiger partial charge in [-0.3, -0.25) is 4.90 Å². The molecule has 3 aromatic carbocycles. The second-order valence-electron chi connectivity index (χ2n) is 9.20. The van der Waals surface area contributed by atoms with Gasteiger partial charge in [0.05, 0.1) is 11.4 Å². The molecule has 0 radical (unpaired) electrons. The molecule has 0 amide bonds. The molecule has 4 aromatic rings. The fraction of sp³-hybridized carbons (Fsp3) is 0.323. The zero-order chi connectivity index (χ0) is 24.5. The number of nitrogens with zero attached hydrogens (tertiary/aromatic N) is 3. The van der Waals surface area contributed by atoms with E-state index in [1.165, 1.54) is 11.3 Å². The highest BCUT2D eigenvalue weighted by molar-refractivity contribution is 5.68. The van der Waals surface area contributed by atoms with Gasteiger partial charge in [-0.2, -0.15) is 0 Å². The Hall–Kier alpha value is -3.37. The van der Waals surface area contributed by atoms with Gasteiger partial charge in [-0.15, -0.1) is 0 Å². The number of rotatable bonds is 12. The van der Waals surface area contributed by atoms with Crippen LogP contribution in [0.25, 0.3) is 22.6 Å². The molecule has 0 fully saturated rings. The quantitative estimate of drug-likeness (QED) is 0.234.